The third kappa shape index (κ3) is 2.91. The Balaban J connectivity index is 1.99. The van der Waals surface area contributed by atoms with Crippen LogP contribution >= 0.6 is 0 Å². The lowest BCUT2D eigenvalue weighted by molar-refractivity contribution is 0.634. The van der Waals surface area contributed by atoms with Crippen LogP contribution in [0.4, 0.5) is 5.95 Å². The smallest absolute Gasteiger partial charge is 0.294 e. The summed E-state index contributed by atoms with van der Waals surface area (Å²) in [7, 11) is 1.64. The maximum atomic E-state index is 13.5. The Morgan fingerprint density at radius 2 is 2.00 bits per heavy atom. The van der Waals surface area contributed by atoms with E-state index >= 15 is 0 Å². The van der Waals surface area contributed by atoms with Crippen LogP contribution in [0.2, 0.25) is 0 Å². The Hall–Kier alpha value is -3.42. The van der Waals surface area contributed by atoms with Gasteiger partial charge in [-0.3, -0.25) is 18.5 Å². The maximum absolute atomic E-state index is 13.5. The van der Waals surface area contributed by atoms with Crippen LogP contribution in [0, 0.1) is 6.92 Å². The molecule has 0 aliphatic carbocycles. The molecule has 1 aliphatic heterocycles. The lowest BCUT2D eigenvalue weighted by Gasteiger charge is -2.28. The van der Waals surface area contributed by atoms with E-state index in [9.17, 15) is 9.59 Å². The molecule has 0 unspecified atom stereocenters. The number of hydrogen-bond donors (Lipinski definition) is 0. The number of imidazole rings is 1. The summed E-state index contributed by atoms with van der Waals surface area (Å²) in [6.07, 6.45) is 1.73. The van der Waals surface area contributed by atoms with Gasteiger partial charge in [-0.2, -0.15) is 10.1 Å². The molecule has 0 saturated heterocycles. The summed E-state index contributed by atoms with van der Waals surface area (Å²) >= 11 is 0. The molecule has 2 aromatic heterocycles. The van der Waals surface area contributed by atoms with E-state index in [4.69, 9.17) is 0 Å². The molecule has 150 valence electrons. The molecule has 0 spiro atoms. The summed E-state index contributed by atoms with van der Waals surface area (Å²) in [4.78, 5) is 31.0. The van der Waals surface area contributed by atoms with E-state index in [1.54, 1.807) is 18.1 Å². The minimum Gasteiger partial charge on any atom is -0.294 e. The SMILES string of the molecule is C=CCN1N=C(C)[C@H](C)n2c1nc1c2c(=O)n(Cc2cccc(C)c2)c(=O)n1C. The van der Waals surface area contributed by atoms with Crippen LogP contribution in [0.5, 0.6) is 0 Å². The number of aryl methyl sites for hydroxylation is 2. The highest BCUT2D eigenvalue weighted by Crippen LogP contribution is 2.29. The van der Waals surface area contributed by atoms with Gasteiger partial charge in [0.1, 0.15) is 0 Å². The predicted molar refractivity (Wildman–Crippen MR) is 115 cm³/mol. The molecule has 0 bridgehead atoms. The molecule has 0 fully saturated rings. The van der Waals surface area contributed by atoms with E-state index < -0.39 is 0 Å². The predicted octanol–water partition coefficient (Wildman–Crippen LogP) is 2.20. The minimum atomic E-state index is -0.389. The summed E-state index contributed by atoms with van der Waals surface area (Å²) in [5.74, 6) is 0.540. The first-order valence-electron chi connectivity index (χ1n) is 9.54. The maximum Gasteiger partial charge on any atom is 0.332 e. The van der Waals surface area contributed by atoms with Gasteiger partial charge in [-0.1, -0.05) is 35.9 Å². The Kier molecular flexibility index (Phi) is 4.49. The zero-order valence-electron chi connectivity index (χ0n) is 17.1. The number of anilines is 1. The summed E-state index contributed by atoms with van der Waals surface area (Å²) in [6.45, 7) is 10.3. The Bertz CT molecular complexity index is 1280. The fraction of sp³-hybridized carbons (Fsp3) is 0.333. The van der Waals surface area contributed by atoms with E-state index in [1.165, 1.54) is 9.13 Å². The molecule has 8 heteroatoms. The summed E-state index contributed by atoms with van der Waals surface area (Å²) in [5, 5.41) is 6.28. The number of benzene rings is 1. The fourth-order valence-electron chi connectivity index (χ4n) is 3.76. The number of rotatable bonds is 4. The highest BCUT2D eigenvalue weighted by molar-refractivity contribution is 5.91. The van der Waals surface area contributed by atoms with Crippen LogP contribution in [0.25, 0.3) is 11.2 Å². The van der Waals surface area contributed by atoms with Crippen molar-refractivity contribution in [3.05, 3.63) is 68.9 Å². The van der Waals surface area contributed by atoms with Crippen LogP contribution in [-0.2, 0) is 13.6 Å². The van der Waals surface area contributed by atoms with Gasteiger partial charge in [0.05, 0.1) is 24.8 Å². The van der Waals surface area contributed by atoms with Gasteiger partial charge in [-0.25, -0.2) is 9.80 Å². The van der Waals surface area contributed by atoms with Gasteiger partial charge in [0.2, 0.25) is 5.95 Å². The van der Waals surface area contributed by atoms with Crippen molar-refractivity contribution in [2.75, 3.05) is 11.6 Å². The van der Waals surface area contributed by atoms with Gasteiger partial charge >= 0.3 is 5.69 Å². The van der Waals surface area contributed by atoms with Crippen LogP contribution in [0.15, 0.2) is 51.6 Å². The van der Waals surface area contributed by atoms with Gasteiger partial charge in [-0.15, -0.1) is 6.58 Å². The van der Waals surface area contributed by atoms with Crippen molar-refractivity contribution in [3.63, 3.8) is 0 Å². The minimum absolute atomic E-state index is 0.145. The summed E-state index contributed by atoms with van der Waals surface area (Å²) in [6, 6.07) is 7.66. The van der Waals surface area contributed by atoms with Gasteiger partial charge in [-0.05, 0) is 26.3 Å². The van der Waals surface area contributed by atoms with Gasteiger partial charge < -0.3 is 0 Å². The van der Waals surface area contributed by atoms with Gasteiger partial charge in [0, 0.05) is 7.05 Å². The van der Waals surface area contributed by atoms with Crippen molar-refractivity contribution in [2.45, 2.75) is 33.4 Å². The third-order valence-corrected chi connectivity index (χ3v) is 5.38. The molecule has 1 atom stereocenters. The molecule has 3 aromatic rings. The lowest BCUT2D eigenvalue weighted by Crippen LogP contribution is -2.40. The molecular formula is C21H24N6O2. The molecule has 0 saturated carbocycles. The average Bonchev–Trinajstić information content (AvgIpc) is 3.09. The molecule has 29 heavy (non-hydrogen) atoms. The standard InChI is InChI=1S/C21H24N6O2/c1-6-10-26-20-22-18-17(27(20)15(4)14(3)23-26)19(28)25(21(29)24(18)5)12-16-9-7-8-13(2)11-16/h6-9,11,15H,1,10,12H2,2-5H3/t15-/m0/s1. The number of fused-ring (bicyclic) bond motifs is 3. The molecule has 1 aromatic carbocycles. The zero-order valence-corrected chi connectivity index (χ0v) is 17.1. The Morgan fingerprint density at radius 1 is 1.24 bits per heavy atom. The molecule has 0 radical (unpaired) electrons. The molecule has 3 heterocycles. The van der Waals surface area contributed by atoms with Crippen LogP contribution in [0.3, 0.4) is 0 Å². The van der Waals surface area contributed by atoms with E-state index in [0.29, 0.717) is 23.7 Å². The highest BCUT2D eigenvalue weighted by Gasteiger charge is 2.30. The first-order chi connectivity index (χ1) is 13.8. The van der Waals surface area contributed by atoms with E-state index in [1.807, 2.05) is 49.6 Å². The largest absolute Gasteiger partial charge is 0.332 e. The number of hydrazone groups is 1. The van der Waals surface area contributed by atoms with Crippen molar-refractivity contribution in [3.8, 4) is 0 Å². The monoisotopic (exact) mass is 392 g/mol. The Labute approximate surface area is 168 Å². The lowest BCUT2D eigenvalue weighted by atomic mass is 10.1. The van der Waals surface area contributed by atoms with Gasteiger partial charge in [0.15, 0.2) is 11.2 Å². The van der Waals surface area contributed by atoms with E-state index in [0.717, 1.165) is 16.8 Å². The quantitative estimate of drug-likeness (QED) is 0.638. The van der Waals surface area contributed by atoms with Crippen LogP contribution in [-0.4, -0.2) is 30.9 Å². The number of aromatic nitrogens is 4. The van der Waals surface area contributed by atoms with Crippen molar-refractivity contribution >= 4 is 22.8 Å². The third-order valence-electron chi connectivity index (χ3n) is 5.38. The van der Waals surface area contributed by atoms with Crippen LogP contribution < -0.4 is 16.3 Å². The normalized spacial score (nSPS) is 16.1. The number of hydrogen-bond acceptors (Lipinski definition) is 5. The molecule has 4 rings (SSSR count). The number of nitrogens with zero attached hydrogens (tertiary/aromatic N) is 6. The topological polar surface area (TPSA) is 77.4 Å². The average molecular weight is 392 g/mol. The van der Waals surface area contributed by atoms with E-state index in [-0.39, 0.29) is 23.8 Å². The molecule has 8 nitrogen and oxygen atoms in total. The summed E-state index contributed by atoms with van der Waals surface area (Å²) in [5.41, 5.74) is 2.88. The van der Waals surface area contributed by atoms with Crippen molar-refractivity contribution < 1.29 is 0 Å². The molecular weight excluding hydrogens is 368 g/mol. The second-order valence-electron chi connectivity index (χ2n) is 7.46. The van der Waals surface area contributed by atoms with Crippen molar-refractivity contribution in [1.29, 1.82) is 0 Å². The zero-order chi connectivity index (χ0) is 20.9. The second kappa shape index (κ2) is 6.88. The molecule has 0 N–H and O–H groups in total. The first-order valence-corrected chi connectivity index (χ1v) is 9.54. The van der Waals surface area contributed by atoms with Crippen molar-refractivity contribution in [2.24, 2.45) is 12.1 Å². The van der Waals surface area contributed by atoms with Crippen LogP contribution in [0.1, 0.15) is 31.0 Å². The Morgan fingerprint density at radius 3 is 2.69 bits per heavy atom. The molecule has 0 amide bonds. The fourth-order valence-corrected chi connectivity index (χ4v) is 3.76. The van der Waals surface area contributed by atoms with E-state index in [2.05, 4.69) is 16.7 Å². The second-order valence-corrected chi connectivity index (χ2v) is 7.46. The van der Waals surface area contributed by atoms with Crippen molar-refractivity contribution in [1.82, 2.24) is 18.7 Å². The van der Waals surface area contributed by atoms with Gasteiger partial charge in [0.25, 0.3) is 5.56 Å². The first kappa shape index (κ1) is 18.9. The summed E-state index contributed by atoms with van der Waals surface area (Å²) < 4.78 is 4.58. The molecule has 1 aliphatic rings. The highest BCUT2D eigenvalue weighted by atomic mass is 16.2.